The Balaban J connectivity index is 2.00. The van der Waals surface area contributed by atoms with Crippen LogP contribution >= 0.6 is 0 Å². The van der Waals surface area contributed by atoms with Gasteiger partial charge >= 0.3 is 10.1 Å². The first-order valence-corrected chi connectivity index (χ1v) is 8.46. The van der Waals surface area contributed by atoms with Gasteiger partial charge in [-0.3, -0.25) is 4.84 Å². The monoisotopic (exact) mass is 399 g/mol. The van der Waals surface area contributed by atoms with E-state index in [1.807, 2.05) is 0 Å². The summed E-state index contributed by atoms with van der Waals surface area (Å²) in [6.07, 6.45) is 1.26. The molecule has 1 aromatic carbocycles. The van der Waals surface area contributed by atoms with Gasteiger partial charge in [-0.25, -0.2) is 13.2 Å². The standard InChI is InChI=1S/C14H10F5NO5S/c1-20-13(6-3-2-4-23-6)7(5-24-20)26(21,22)25-14-11(18)9(16)8(15)10(17)12(14)19/h2-4,7,13H,5H2,1H3/t7?,13-/m1/s1. The Morgan fingerprint density at radius 3 is 2.19 bits per heavy atom. The molecule has 0 N–H and O–H groups in total. The largest absolute Gasteiger partial charge is 0.468 e. The molecule has 0 aliphatic carbocycles. The SMILES string of the molecule is CN1OCC(S(=O)(=O)Oc2c(F)c(F)c(F)c(F)c2F)[C@H]1c1ccco1. The fourth-order valence-corrected chi connectivity index (χ4v) is 3.85. The molecule has 12 heteroatoms. The molecule has 1 aliphatic heterocycles. The molecule has 0 saturated carbocycles. The highest BCUT2D eigenvalue weighted by atomic mass is 32.2. The summed E-state index contributed by atoms with van der Waals surface area (Å²) in [6.45, 7) is -0.487. The number of hydrogen-bond acceptors (Lipinski definition) is 6. The van der Waals surface area contributed by atoms with Crippen LogP contribution < -0.4 is 4.18 Å². The molecule has 0 radical (unpaired) electrons. The van der Waals surface area contributed by atoms with Crippen molar-refractivity contribution in [2.24, 2.45) is 0 Å². The third-order valence-electron chi connectivity index (χ3n) is 3.76. The van der Waals surface area contributed by atoms with E-state index in [1.54, 1.807) is 0 Å². The normalized spacial score (nSPS) is 21.3. The van der Waals surface area contributed by atoms with Gasteiger partial charge in [0.15, 0.2) is 0 Å². The van der Waals surface area contributed by atoms with Crippen molar-refractivity contribution in [3.8, 4) is 5.75 Å². The lowest BCUT2D eigenvalue weighted by atomic mass is 10.2. The quantitative estimate of drug-likeness (QED) is 0.341. The van der Waals surface area contributed by atoms with E-state index in [1.165, 1.54) is 25.4 Å². The lowest BCUT2D eigenvalue weighted by Gasteiger charge is -2.20. The molecular weight excluding hydrogens is 389 g/mol. The van der Waals surface area contributed by atoms with Crippen molar-refractivity contribution < 1.29 is 43.8 Å². The molecule has 1 saturated heterocycles. The minimum atomic E-state index is -4.87. The third-order valence-corrected chi connectivity index (χ3v) is 5.30. The van der Waals surface area contributed by atoms with Crippen LogP contribution in [0.1, 0.15) is 11.8 Å². The molecule has 0 amide bonds. The lowest BCUT2D eigenvalue weighted by Crippen LogP contribution is -2.34. The van der Waals surface area contributed by atoms with Crippen LogP contribution in [0.2, 0.25) is 0 Å². The molecule has 1 aliphatic rings. The predicted molar refractivity (Wildman–Crippen MR) is 74.7 cm³/mol. The smallest absolute Gasteiger partial charge is 0.316 e. The maximum absolute atomic E-state index is 13.7. The van der Waals surface area contributed by atoms with E-state index in [0.29, 0.717) is 0 Å². The van der Waals surface area contributed by atoms with Gasteiger partial charge in [0, 0.05) is 7.05 Å². The van der Waals surface area contributed by atoms with Gasteiger partial charge in [0.2, 0.25) is 34.8 Å². The van der Waals surface area contributed by atoms with Crippen LogP contribution in [-0.4, -0.2) is 32.4 Å². The molecule has 0 bridgehead atoms. The van der Waals surface area contributed by atoms with E-state index in [-0.39, 0.29) is 5.76 Å². The average molecular weight is 399 g/mol. The van der Waals surface area contributed by atoms with Gasteiger partial charge < -0.3 is 8.60 Å². The second kappa shape index (κ2) is 6.52. The van der Waals surface area contributed by atoms with E-state index in [9.17, 15) is 30.4 Å². The van der Waals surface area contributed by atoms with E-state index in [4.69, 9.17) is 9.25 Å². The van der Waals surface area contributed by atoms with Crippen LogP contribution in [0.3, 0.4) is 0 Å². The van der Waals surface area contributed by atoms with Gasteiger partial charge in [0.1, 0.15) is 17.1 Å². The zero-order valence-corrected chi connectivity index (χ0v) is 13.7. The second-order valence-electron chi connectivity index (χ2n) is 5.32. The van der Waals surface area contributed by atoms with Gasteiger partial charge in [0.05, 0.1) is 12.9 Å². The van der Waals surface area contributed by atoms with Crippen LogP contribution in [0.5, 0.6) is 5.75 Å². The first-order chi connectivity index (χ1) is 12.1. The Hall–Kier alpha value is -2.18. The fourth-order valence-electron chi connectivity index (χ4n) is 2.50. The summed E-state index contributed by atoms with van der Waals surface area (Å²) < 4.78 is 101. The van der Waals surface area contributed by atoms with Crippen LogP contribution in [0.25, 0.3) is 0 Å². The topological polar surface area (TPSA) is 69.0 Å². The van der Waals surface area contributed by atoms with E-state index < -0.39 is 62.9 Å². The fraction of sp³-hybridized carbons (Fsp3) is 0.286. The Labute approximate surface area is 143 Å². The van der Waals surface area contributed by atoms with Crippen LogP contribution in [0.15, 0.2) is 22.8 Å². The lowest BCUT2D eigenvalue weighted by molar-refractivity contribution is -0.113. The average Bonchev–Trinajstić information content (AvgIpc) is 3.24. The van der Waals surface area contributed by atoms with Crippen molar-refractivity contribution in [2.45, 2.75) is 11.3 Å². The number of rotatable bonds is 4. The molecule has 6 nitrogen and oxygen atoms in total. The molecule has 2 atom stereocenters. The second-order valence-corrected chi connectivity index (χ2v) is 7.07. The summed E-state index contributed by atoms with van der Waals surface area (Å²) in [6, 6.07) is 1.84. The van der Waals surface area contributed by atoms with Gasteiger partial charge in [-0.05, 0) is 12.1 Å². The molecule has 1 aromatic heterocycles. The summed E-state index contributed by atoms with van der Waals surface area (Å²) in [5.74, 6) is -13.6. The van der Waals surface area contributed by atoms with Gasteiger partial charge in [-0.1, -0.05) is 0 Å². The molecule has 1 fully saturated rings. The summed E-state index contributed by atoms with van der Waals surface area (Å²) in [5.41, 5.74) is 0. The van der Waals surface area contributed by atoms with Crippen molar-refractivity contribution in [3.63, 3.8) is 0 Å². The van der Waals surface area contributed by atoms with E-state index in [2.05, 4.69) is 4.18 Å². The summed E-state index contributed by atoms with van der Waals surface area (Å²) in [5, 5.41) is -0.434. The highest BCUT2D eigenvalue weighted by Gasteiger charge is 2.47. The molecule has 1 unspecified atom stereocenters. The molecule has 2 heterocycles. The summed E-state index contributed by atoms with van der Waals surface area (Å²) >= 11 is 0. The van der Waals surface area contributed by atoms with Gasteiger partial charge in [0.25, 0.3) is 0 Å². The van der Waals surface area contributed by atoms with Crippen LogP contribution in [-0.2, 0) is 15.0 Å². The first-order valence-electron chi connectivity index (χ1n) is 6.99. The molecule has 0 spiro atoms. The van der Waals surface area contributed by atoms with E-state index >= 15 is 0 Å². The third kappa shape index (κ3) is 2.93. The van der Waals surface area contributed by atoms with E-state index in [0.717, 1.165) is 5.06 Å². The maximum Gasteiger partial charge on any atom is 0.316 e. The minimum Gasteiger partial charge on any atom is -0.468 e. The summed E-state index contributed by atoms with van der Waals surface area (Å²) in [7, 11) is -3.50. The van der Waals surface area contributed by atoms with Crippen LogP contribution in [0.4, 0.5) is 22.0 Å². The molecule has 26 heavy (non-hydrogen) atoms. The van der Waals surface area contributed by atoms with Crippen molar-refractivity contribution >= 4 is 10.1 Å². The zero-order valence-electron chi connectivity index (χ0n) is 12.9. The van der Waals surface area contributed by atoms with Crippen molar-refractivity contribution in [1.29, 1.82) is 0 Å². The number of benzene rings is 1. The minimum absolute atomic E-state index is 0.139. The molecular formula is C14H10F5NO5S. The van der Waals surface area contributed by atoms with Crippen molar-refractivity contribution in [3.05, 3.63) is 53.2 Å². The number of halogens is 5. The number of nitrogens with zero attached hydrogens (tertiary/aromatic N) is 1. The number of hydroxylamine groups is 2. The molecule has 3 rings (SSSR count). The highest BCUT2D eigenvalue weighted by Crippen LogP contribution is 2.37. The predicted octanol–water partition coefficient (Wildman–Crippen LogP) is 2.67. The molecule has 2 aromatic rings. The van der Waals surface area contributed by atoms with Crippen molar-refractivity contribution in [2.75, 3.05) is 13.7 Å². The van der Waals surface area contributed by atoms with Gasteiger partial charge in [-0.2, -0.15) is 22.3 Å². The highest BCUT2D eigenvalue weighted by molar-refractivity contribution is 7.87. The first kappa shape index (κ1) is 18.6. The summed E-state index contributed by atoms with van der Waals surface area (Å²) in [4.78, 5) is 5.07. The number of hydrogen-bond donors (Lipinski definition) is 0. The Morgan fingerprint density at radius 2 is 1.65 bits per heavy atom. The van der Waals surface area contributed by atoms with Crippen molar-refractivity contribution in [1.82, 2.24) is 5.06 Å². The van der Waals surface area contributed by atoms with Crippen LogP contribution in [0, 0.1) is 29.1 Å². The number of furan rings is 1. The van der Waals surface area contributed by atoms with Gasteiger partial charge in [-0.15, -0.1) is 0 Å². The maximum atomic E-state index is 13.7. The Bertz CT molecular complexity index is 905. The Morgan fingerprint density at radius 1 is 1.08 bits per heavy atom. The Kier molecular flexibility index (Phi) is 4.67. The molecule has 142 valence electrons. The zero-order chi connectivity index (χ0) is 19.2.